The summed E-state index contributed by atoms with van der Waals surface area (Å²) in [5.74, 6) is -16.3. The van der Waals surface area contributed by atoms with Crippen molar-refractivity contribution < 1.29 is 45.9 Å². The molecule has 4 N–H and O–H groups in total. The van der Waals surface area contributed by atoms with E-state index in [1.54, 1.807) is 0 Å². The van der Waals surface area contributed by atoms with Crippen LogP contribution in [0.2, 0.25) is 5.02 Å². The number of primary amides is 1. The SMILES string of the molecule is NC(=O)C[C@H](NC(=O)c1ccc(Cl)cc1)C(=O)OCC(=O)Nc1c(F)c(F)c(F)c(F)c1F. The van der Waals surface area contributed by atoms with E-state index in [0.717, 1.165) is 0 Å². The van der Waals surface area contributed by atoms with Crippen LogP contribution in [0.5, 0.6) is 0 Å². The summed E-state index contributed by atoms with van der Waals surface area (Å²) in [6.45, 7) is -1.26. The second-order valence-corrected chi connectivity index (χ2v) is 6.74. The van der Waals surface area contributed by atoms with Crippen molar-refractivity contribution >= 4 is 41.0 Å². The highest BCUT2D eigenvalue weighted by Crippen LogP contribution is 2.27. The summed E-state index contributed by atoms with van der Waals surface area (Å²) in [6.07, 6.45) is -0.739. The van der Waals surface area contributed by atoms with Gasteiger partial charge in [-0.15, -0.1) is 0 Å². The van der Waals surface area contributed by atoms with Gasteiger partial charge in [0.2, 0.25) is 11.7 Å². The molecule has 0 aliphatic carbocycles. The minimum atomic E-state index is -2.43. The molecule has 0 aliphatic heterocycles. The molecule has 1 atom stereocenters. The van der Waals surface area contributed by atoms with E-state index >= 15 is 0 Å². The molecule has 2 aromatic carbocycles. The Kier molecular flexibility index (Phi) is 8.29. The van der Waals surface area contributed by atoms with Gasteiger partial charge < -0.3 is 21.1 Å². The summed E-state index contributed by atoms with van der Waals surface area (Å²) in [7, 11) is 0. The van der Waals surface area contributed by atoms with Crippen molar-refractivity contribution in [1.82, 2.24) is 5.32 Å². The van der Waals surface area contributed by atoms with E-state index < -0.39 is 77.5 Å². The number of benzene rings is 2. The summed E-state index contributed by atoms with van der Waals surface area (Å²) in [6, 6.07) is 3.71. The van der Waals surface area contributed by atoms with Crippen molar-refractivity contribution in [2.75, 3.05) is 11.9 Å². The molecule has 0 saturated carbocycles. The quantitative estimate of drug-likeness (QED) is 0.225. The molecule has 33 heavy (non-hydrogen) atoms. The first-order chi connectivity index (χ1) is 15.4. The van der Waals surface area contributed by atoms with Crippen LogP contribution >= 0.6 is 11.6 Å². The lowest BCUT2D eigenvalue weighted by molar-refractivity contribution is -0.150. The van der Waals surface area contributed by atoms with Crippen molar-refractivity contribution in [3.05, 3.63) is 63.9 Å². The van der Waals surface area contributed by atoms with E-state index in [1.807, 2.05) is 0 Å². The first-order valence-electron chi connectivity index (χ1n) is 8.75. The minimum Gasteiger partial charge on any atom is -0.454 e. The lowest BCUT2D eigenvalue weighted by Gasteiger charge is -2.16. The van der Waals surface area contributed by atoms with Crippen LogP contribution in [-0.4, -0.2) is 36.3 Å². The van der Waals surface area contributed by atoms with Crippen LogP contribution < -0.4 is 16.4 Å². The van der Waals surface area contributed by atoms with E-state index in [9.17, 15) is 41.1 Å². The van der Waals surface area contributed by atoms with E-state index in [4.69, 9.17) is 17.3 Å². The fourth-order valence-corrected chi connectivity index (χ4v) is 2.49. The lowest BCUT2D eigenvalue weighted by Crippen LogP contribution is -2.45. The van der Waals surface area contributed by atoms with Crippen LogP contribution in [0.25, 0.3) is 0 Å². The maximum Gasteiger partial charge on any atom is 0.329 e. The number of carbonyl (C=O) groups excluding carboxylic acids is 4. The van der Waals surface area contributed by atoms with Crippen LogP contribution in [0.3, 0.4) is 0 Å². The summed E-state index contributed by atoms with van der Waals surface area (Å²) >= 11 is 5.70. The number of nitrogens with two attached hydrogens (primary N) is 1. The van der Waals surface area contributed by atoms with E-state index in [0.29, 0.717) is 5.02 Å². The second kappa shape index (κ2) is 10.7. The molecule has 8 nitrogen and oxygen atoms in total. The van der Waals surface area contributed by atoms with Crippen molar-refractivity contribution in [3.63, 3.8) is 0 Å². The number of esters is 1. The highest BCUT2D eigenvalue weighted by Gasteiger charge is 2.28. The zero-order valence-corrected chi connectivity index (χ0v) is 16.9. The zero-order valence-electron chi connectivity index (χ0n) is 16.2. The third-order valence-electron chi connectivity index (χ3n) is 3.92. The zero-order chi connectivity index (χ0) is 24.9. The van der Waals surface area contributed by atoms with Crippen molar-refractivity contribution in [2.24, 2.45) is 5.73 Å². The number of hydrogen-bond acceptors (Lipinski definition) is 5. The Labute approximate surface area is 186 Å². The van der Waals surface area contributed by atoms with Crippen LogP contribution in [0.4, 0.5) is 27.6 Å². The molecular formula is C19H13ClF5N3O5. The highest BCUT2D eigenvalue weighted by atomic mass is 35.5. The van der Waals surface area contributed by atoms with Gasteiger partial charge in [0.25, 0.3) is 11.8 Å². The molecule has 2 rings (SSSR count). The number of amides is 3. The molecule has 0 radical (unpaired) electrons. The Hall–Kier alpha value is -3.74. The third kappa shape index (κ3) is 6.38. The second-order valence-electron chi connectivity index (χ2n) is 6.30. The van der Waals surface area contributed by atoms with E-state index in [-0.39, 0.29) is 5.56 Å². The molecule has 176 valence electrons. The standard InChI is InChI=1S/C19H13ClF5N3O5/c20-8-3-1-7(2-4-8)18(31)27-9(5-10(26)29)19(32)33-6-11(30)28-17-15(24)13(22)12(21)14(23)16(17)25/h1-4,9H,5-6H2,(H2,26,29)(H,27,31)(H,28,30)/t9-/m0/s1. The summed E-state index contributed by atoms with van der Waals surface area (Å²) < 4.78 is 71.2. The average molecular weight is 494 g/mol. The predicted molar refractivity (Wildman–Crippen MR) is 102 cm³/mol. The molecule has 3 amide bonds. The maximum atomic E-state index is 13.6. The summed E-state index contributed by atoms with van der Waals surface area (Å²) in [4.78, 5) is 47.4. The summed E-state index contributed by atoms with van der Waals surface area (Å²) in [5.41, 5.74) is 3.41. The maximum absolute atomic E-state index is 13.6. The average Bonchev–Trinajstić information content (AvgIpc) is 2.77. The van der Waals surface area contributed by atoms with Crippen LogP contribution in [0.15, 0.2) is 24.3 Å². The number of hydrogen-bond donors (Lipinski definition) is 3. The predicted octanol–water partition coefficient (Wildman–Crippen LogP) is 2.19. The van der Waals surface area contributed by atoms with Gasteiger partial charge in [-0.3, -0.25) is 14.4 Å². The van der Waals surface area contributed by atoms with Gasteiger partial charge in [-0.25, -0.2) is 26.7 Å². The Balaban J connectivity index is 2.06. The van der Waals surface area contributed by atoms with Gasteiger partial charge in [0.05, 0.1) is 6.42 Å². The van der Waals surface area contributed by atoms with Crippen LogP contribution in [-0.2, 0) is 19.1 Å². The number of ether oxygens (including phenoxy) is 1. The molecule has 0 saturated heterocycles. The topological polar surface area (TPSA) is 128 Å². The van der Waals surface area contributed by atoms with Gasteiger partial charge in [0, 0.05) is 10.6 Å². The minimum absolute atomic E-state index is 0.0470. The Morgan fingerprint density at radius 1 is 0.909 bits per heavy atom. The third-order valence-corrected chi connectivity index (χ3v) is 4.17. The molecule has 0 bridgehead atoms. The first-order valence-corrected chi connectivity index (χ1v) is 9.12. The van der Waals surface area contributed by atoms with Gasteiger partial charge >= 0.3 is 5.97 Å². The van der Waals surface area contributed by atoms with Gasteiger partial charge in [0.1, 0.15) is 11.7 Å². The van der Waals surface area contributed by atoms with E-state index in [1.165, 1.54) is 29.6 Å². The lowest BCUT2D eigenvalue weighted by atomic mass is 10.1. The fourth-order valence-electron chi connectivity index (χ4n) is 2.36. The van der Waals surface area contributed by atoms with Gasteiger partial charge in [-0.2, -0.15) is 0 Å². The van der Waals surface area contributed by atoms with Gasteiger partial charge in [0.15, 0.2) is 29.9 Å². The Morgan fingerprint density at radius 3 is 1.94 bits per heavy atom. The van der Waals surface area contributed by atoms with Gasteiger partial charge in [-0.1, -0.05) is 11.6 Å². The number of anilines is 1. The molecule has 0 fully saturated rings. The smallest absolute Gasteiger partial charge is 0.329 e. The van der Waals surface area contributed by atoms with E-state index in [2.05, 4.69) is 10.1 Å². The monoisotopic (exact) mass is 493 g/mol. The molecular weight excluding hydrogens is 481 g/mol. The largest absolute Gasteiger partial charge is 0.454 e. The molecule has 0 aliphatic rings. The van der Waals surface area contributed by atoms with Gasteiger partial charge in [-0.05, 0) is 24.3 Å². The molecule has 0 spiro atoms. The van der Waals surface area contributed by atoms with Crippen molar-refractivity contribution in [2.45, 2.75) is 12.5 Å². The van der Waals surface area contributed by atoms with Crippen LogP contribution in [0.1, 0.15) is 16.8 Å². The molecule has 0 aromatic heterocycles. The fraction of sp³-hybridized carbons (Fsp3) is 0.158. The Morgan fingerprint density at radius 2 is 1.42 bits per heavy atom. The molecule has 0 unspecified atom stereocenters. The summed E-state index contributed by atoms with van der Waals surface area (Å²) in [5, 5.41) is 3.86. The number of halogens is 6. The number of rotatable bonds is 8. The highest BCUT2D eigenvalue weighted by molar-refractivity contribution is 6.30. The number of carbonyl (C=O) groups is 4. The molecule has 2 aromatic rings. The first kappa shape index (κ1) is 25.5. The normalized spacial score (nSPS) is 11.5. The molecule has 0 heterocycles. The number of nitrogens with one attached hydrogen (secondary N) is 2. The molecule has 14 heteroatoms. The van der Waals surface area contributed by atoms with Crippen LogP contribution in [0, 0.1) is 29.1 Å². The Bertz CT molecular complexity index is 1080. The van der Waals surface area contributed by atoms with Crippen molar-refractivity contribution in [1.29, 1.82) is 0 Å². The van der Waals surface area contributed by atoms with Crippen molar-refractivity contribution in [3.8, 4) is 0 Å².